The lowest BCUT2D eigenvalue weighted by Gasteiger charge is -2.19. The van der Waals surface area contributed by atoms with Crippen LogP contribution in [0.3, 0.4) is 0 Å². The molecule has 0 aromatic heterocycles. The van der Waals surface area contributed by atoms with Crippen molar-refractivity contribution >= 4 is 15.7 Å². The second-order valence-electron chi connectivity index (χ2n) is 4.31. The zero-order valence-corrected chi connectivity index (χ0v) is 11.7. The highest BCUT2D eigenvalue weighted by molar-refractivity contribution is 7.89. The van der Waals surface area contributed by atoms with E-state index in [4.69, 9.17) is 0 Å². The highest BCUT2D eigenvalue weighted by Crippen LogP contribution is 2.29. The summed E-state index contributed by atoms with van der Waals surface area (Å²) in [6.45, 7) is 2.81. The standard InChI is InChI=1S/C11H16N2O5S/c1-8-5-4-6-10(13(15)16)11(8)19(17,18)12(3)7-9(2)14/h4-6,9,14H,7H2,1-3H3. The maximum Gasteiger partial charge on any atom is 0.289 e. The molecule has 0 bridgehead atoms. The smallest absolute Gasteiger partial charge is 0.289 e. The SMILES string of the molecule is Cc1cccc([N+](=O)[O-])c1S(=O)(=O)N(C)CC(C)O. The predicted octanol–water partition coefficient (Wildman–Crippen LogP) is 0.905. The topological polar surface area (TPSA) is 101 Å². The van der Waals surface area contributed by atoms with Crippen molar-refractivity contribution in [3.05, 3.63) is 33.9 Å². The maximum atomic E-state index is 12.3. The van der Waals surface area contributed by atoms with Crippen molar-refractivity contribution in [2.75, 3.05) is 13.6 Å². The molecule has 8 heteroatoms. The minimum absolute atomic E-state index is 0.131. The number of nitro groups is 1. The van der Waals surface area contributed by atoms with Crippen LogP contribution < -0.4 is 0 Å². The number of nitrogens with zero attached hydrogens (tertiary/aromatic N) is 2. The fourth-order valence-electron chi connectivity index (χ4n) is 1.74. The molecule has 0 fully saturated rings. The van der Waals surface area contributed by atoms with Crippen molar-refractivity contribution in [1.29, 1.82) is 0 Å². The summed E-state index contributed by atoms with van der Waals surface area (Å²) in [7, 11) is -2.73. The van der Waals surface area contributed by atoms with E-state index in [0.717, 1.165) is 10.4 Å². The molecule has 0 saturated heterocycles. The second-order valence-corrected chi connectivity index (χ2v) is 6.30. The first-order valence-electron chi connectivity index (χ1n) is 5.56. The summed E-state index contributed by atoms with van der Waals surface area (Å²) in [6.07, 6.45) is -0.858. The van der Waals surface area contributed by atoms with E-state index in [1.54, 1.807) is 0 Å². The lowest BCUT2D eigenvalue weighted by atomic mass is 10.2. The number of hydrogen-bond donors (Lipinski definition) is 1. The van der Waals surface area contributed by atoms with Crippen molar-refractivity contribution in [3.63, 3.8) is 0 Å². The molecule has 1 N–H and O–H groups in total. The summed E-state index contributed by atoms with van der Waals surface area (Å²) < 4.78 is 25.6. The van der Waals surface area contributed by atoms with Crippen molar-refractivity contribution in [2.24, 2.45) is 0 Å². The fourth-order valence-corrected chi connectivity index (χ4v) is 3.35. The second kappa shape index (κ2) is 5.64. The first-order valence-corrected chi connectivity index (χ1v) is 7.00. The summed E-state index contributed by atoms with van der Waals surface area (Å²) in [5, 5.41) is 20.2. The Kier molecular flexibility index (Phi) is 4.61. The van der Waals surface area contributed by atoms with Gasteiger partial charge in [0.1, 0.15) is 0 Å². The molecule has 0 amide bonds. The molecule has 0 radical (unpaired) electrons. The molecule has 0 heterocycles. The zero-order chi connectivity index (χ0) is 14.8. The van der Waals surface area contributed by atoms with Gasteiger partial charge in [-0.05, 0) is 19.4 Å². The monoisotopic (exact) mass is 288 g/mol. The van der Waals surface area contributed by atoms with Gasteiger partial charge in [-0.3, -0.25) is 10.1 Å². The average molecular weight is 288 g/mol. The molecule has 0 spiro atoms. The van der Waals surface area contributed by atoms with Gasteiger partial charge in [0.2, 0.25) is 10.0 Å². The molecule has 0 aliphatic rings. The van der Waals surface area contributed by atoms with Gasteiger partial charge in [0.25, 0.3) is 5.69 Å². The summed E-state index contributed by atoms with van der Waals surface area (Å²) in [5.74, 6) is 0. The van der Waals surface area contributed by atoms with Crippen LogP contribution >= 0.6 is 0 Å². The highest BCUT2D eigenvalue weighted by atomic mass is 32.2. The van der Waals surface area contributed by atoms with E-state index in [2.05, 4.69) is 0 Å². The Morgan fingerprint density at radius 2 is 2.05 bits per heavy atom. The molecule has 1 atom stereocenters. The van der Waals surface area contributed by atoms with E-state index < -0.39 is 26.7 Å². The van der Waals surface area contributed by atoms with Gasteiger partial charge in [-0.2, -0.15) is 4.31 Å². The van der Waals surface area contributed by atoms with Gasteiger partial charge < -0.3 is 5.11 Å². The Morgan fingerprint density at radius 1 is 1.47 bits per heavy atom. The summed E-state index contributed by atoms with van der Waals surface area (Å²) in [4.78, 5) is 9.88. The van der Waals surface area contributed by atoms with E-state index in [9.17, 15) is 23.6 Å². The van der Waals surface area contributed by atoms with E-state index in [1.807, 2.05) is 0 Å². The summed E-state index contributed by atoms with van der Waals surface area (Å²) in [6, 6.07) is 4.08. The number of benzene rings is 1. The minimum Gasteiger partial charge on any atom is -0.392 e. The number of hydrogen-bond acceptors (Lipinski definition) is 5. The van der Waals surface area contributed by atoms with Gasteiger partial charge in [-0.1, -0.05) is 12.1 Å². The molecule has 106 valence electrons. The van der Waals surface area contributed by atoms with E-state index in [-0.39, 0.29) is 11.4 Å². The zero-order valence-electron chi connectivity index (χ0n) is 10.9. The van der Waals surface area contributed by atoms with Gasteiger partial charge in [-0.25, -0.2) is 8.42 Å². The maximum absolute atomic E-state index is 12.3. The van der Waals surface area contributed by atoms with Crippen molar-refractivity contribution < 1.29 is 18.4 Å². The van der Waals surface area contributed by atoms with Crippen LogP contribution in [0.15, 0.2) is 23.1 Å². The third-order valence-corrected chi connectivity index (χ3v) is 4.59. The number of aryl methyl sites for hydroxylation is 1. The third-order valence-electron chi connectivity index (χ3n) is 2.58. The highest BCUT2D eigenvalue weighted by Gasteiger charge is 2.31. The van der Waals surface area contributed by atoms with Crippen LogP contribution in [-0.2, 0) is 10.0 Å². The summed E-state index contributed by atoms with van der Waals surface area (Å²) in [5.41, 5.74) is -0.163. The lowest BCUT2D eigenvalue weighted by Crippen LogP contribution is -2.33. The molecular formula is C11H16N2O5S. The van der Waals surface area contributed by atoms with Crippen LogP contribution in [0, 0.1) is 17.0 Å². The van der Waals surface area contributed by atoms with E-state index in [1.165, 1.54) is 33.0 Å². The number of likely N-dealkylation sites (N-methyl/N-ethyl adjacent to an activating group) is 1. The number of rotatable bonds is 5. The Balaban J connectivity index is 3.40. The Labute approximate surface area is 111 Å². The Hall–Kier alpha value is -1.51. The Morgan fingerprint density at radius 3 is 2.53 bits per heavy atom. The number of aliphatic hydroxyl groups is 1. The quantitative estimate of drug-likeness (QED) is 0.641. The van der Waals surface area contributed by atoms with Gasteiger partial charge in [-0.15, -0.1) is 0 Å². The largest absolute Gasteiger partial charge is 0.392 e. The van der Waals surface area contributed by atoms with Crippen LogP contribution in [0.1, 0.15) is 12.5 Å². The van der Waals surface area contributed by atoms with Crippen molar-refractivity contribution in [1.82, 2.24) is 4.31 Å². The molecule has 1 aromatic rings. The van der Waals surface area contributed by atoms with E-state index >= 15 is 0 Å². The van der Waals surface area contributed by atoms with Crippen LogP contribution in [0.25, 0.3) is 0 Å². The normalized spacial score (nSPS) is 13.5. The molecule has 1 rings (SSSR count). The van der Waals surface area contributed by atoms with Gasteiger partial charge >= 0.3 is 0 Å². The molecule has 1 aromatic carbocycles. The minimum atomic E-state index is -4.01. The fraction of sp³-hybridized carbons (Fsp3) is 0.455. The Bertz CT molecular complexity index is 583. The molecular weight excluding hydrogens is 272 g/mol. The van der Waals surface area contributed by atoms with Crippen LogP contribution in [-0.4, -0.2) is 42.4 Å². The molecule has 0 aliphatic carbocycles. The average Bonchev–Trinajstić information content (AvgIpc) is 2.27. The van der Waals surface area contributed by atoms with Crippen molar-refractivity contribution in [2.45, 2.75) is 24.8 Å². The van der Waals surface area contributed by atoms with Crippen LogP contribution in [0.5, 0.6) is 0 Å². The predicted molar refractivity (Wildman–Crippen MR) is 69.3 cm³/mol. The summed E-state index contributed by atoms with van der Waals surface area (Å²) >= 11 is 0. The van der Waals surface area contributed by atoms with Crippen molar-refractivity contribution in [3.8, 4) is 0 Å². The van der Waals surface area contributed by atoms with Gasteiger partial charge in [0.05, 0.1) is 11.0 Å². The number of aliphatic hydroxyl groups excluding tert-OH is 1. The number of nitro benzene ring substituents is 1. The molecule has 1 unspecified atom stereocenters. The molecule has 7 nitrogen and oxygen atoms in total. The van der Waals surface area contributed by atoms with Crippen LogP contribution in [0.4, 0.5) is 5.69 Å². The first kappa shape index (κ1) is 15.5. The van der Waals surface area contributed by atoms with E-state index in [0.29, 0.717) is 5.56 Å². The van der Waals surface area contributed by atoms with Gasteiger partial charge in [0, 0.05) is 19.7 Å². The first-order chi connectivity index (χ1) is 8.67. The molecule has 19 heavy (non-hydrogen) atoms. The molecule has 0 saturated carbocycles. The van der Waals surface area contributed by atoms with Crippen LogP contribution in [0.2, 0.25) is 0 Å². The van der Waals surface area contributed by atoms with Gasteiger partial charge in [0.15, 0.2) is 4.90 Å². The number of sulfonamides is 1. The molecule has 0 aliphatic heterocycles. The lowest BCUT2D eigenvalue weighted by molar-refractivity contribution is -0.387. The third kappa shape index (κ3) is 3.28.